The number of methoxy groups -OCH3 is 3. The van der Waals surface area contributed by atoms with Crippen molar-refractivity contribution in [2.24, 2.45) is 5.73 Å². The van der Waals surface area contributed by atoms with Gasteiger partial charge in [0.2, 0.25) is 0 Å². The number of hydrogen-bond acceptors (Lipinski definition) is 11. The predicted octanol–water partition coefficient (Wildman–Crippen LogP) is 1.13. The van der Waals surface area contributed by atoms with E-state index in [0.29, 0.717) is 0 Å². The number of rotatable bonds is 9. The fourth-order valence-corrected chi connectivity index (χ4v) is 3.47. The molecule has 0 aliphatic carbocycles. The first-order valence-electron chi connectivity index (χ1n) is 8.57. The third-order valence-corrected chi connectivity index (χ3v) is 4.95. The van der Waals surface area contributed by atoms with Crippen LogP contribution in [0, 0.1) is 0 Å². The minimum atomic E-state index is -0.785. The fraction of sp³-hybridized carbons (Fsp3) is 0.263. The van der Waals surface area contributed by atoms with Gasteiger partial charge in [-0.1, -0.05) is 0 Å². The first-order chi connectivity index (χ1) is 14.7. The number of carbonyl (C=O) groups excluding carboxylic acids is 4. The monoisotopic (exact) mass is 452 g/mol. The Morgan fingerprint density at radius 1 is 0.968 bits per heavy atom. The molecule has 0 aliphatic rings. The highest BCUT2D eigenvalue weighted by molar-refractivity contribution is 7.18. The minimum absolute atomic E-state index is 0.0148. The molecule has 2 aromatic rings. The average molecular weight is 452 g/mol. The molecule has 0 aliphatic heterocycles. The Morgan fingerprint density at radius 2 is 1.65 bits per heavy atom. The van der Waals surface area contributed by atoms with Gasteiger partial charge in [0.05, 0.1) is 26.9 Å². The molecule has 1 amide bonds. The molecule has 1 aromatic carbocycles. The topological polar surface area (TPSA) is 166 Å². The first kappa shape index (κ1) is 23.5. The molecule has 1 aromatic heterocycles. The van der Waals surface area contributed by atoms with Crippen molar-refractivity contribution in [3.63, 3.8) is 0 Å². The third kappa shape index (κ3) is 5.42. The number of ether oxygens (including phenoxy) is 5. The molecule has 0 saturated heterocycles. The smallest absolute Gasteiger partial charge is 0.348 e. The summed E-state index contributed by atoms with van der Waals surface area (Å²) in [4.78, 5) is 47.5. The minimum Gasteiger partial charge on any atom is -0.493 e. The first-order valence-corrected chi connectivity index (χ1v) is 9.39. The van der Waals surface area contributed by atoms with Gasteiger partial charge in [-0.3, -0.25) is 4.79 Å². The van der Waals surface area contributed by atoms with Crippen LogP contribution in [-0.2, 0) is 25.6 Å². The maximum absolute atomic E-state index is 12.5. The molecule has 11 nitrogen and oxygen atoms in total. The van der Waals surface area contributed by atoms with E-state index in [4.69, 9.17) is 35.2 Å². The van der Waals surface area contributed by atoms with Gasteiger partial charge in [0.15, 0.2) is 18.1 Å². The van der Waals surface area contributed by atoms with Crippen LogP contribution in [0.4, 0.5) is 5.00 Å². The molecule has 166 valence electrons. The van der Waals surface area contributed by atoms with Crippen molar-refractivity contribution >= 4 is 40.2 Å². The van der Waals surface area contributed by atoms with Crippen molar-refractivity contribution in [3.8, 4) is 11.5 Å². The van der Waals surface area contributed by atoms with Gasteiger partial charge in [0.1, 0.15) is 22.0 Å². The van der Waals surface area contributed by atoms with Crippen molar-refractivity contribution in [2.45, 2.75) is 6.61 Å². The van der Waals surface area contributed by atoms with Crippen LogP contribution in [-0.4, -0.2) is 51.8 Å². The Morgan fingerprint density at radius 3 is 2.23 bits per heavy atom. The van der Waals surface area contributed by atoms with Gasteiger partial charge in [0, 0.05) is 5.56 Å². The van der Waals surface area contributed by atoms with E-state index < -0.39 is 30.4 Å². The number of nitrogen functional groups attached to an aromatic ring is 1. The fourth-order valence-electron chi connectivity index (χ4n) is 2.49. The molecule has 0 unspecified atom stereocenters. The second-order valence-corrected chi connectivity index (χ2v) is 6.88. The molecular weight excluding hydrogens is 432 g/mol. The summed E-state index contributed by atoms with van der Waals surface area (Å²) in [5, 5.41) is 0.0240. The Bertz CT molecular complexity index is 1020. The lowest BCUT2D eigenvalue weighted by Crippen LogP contribution is -2.20. The summed E-state index contributed by atoms with van der Waals surface area (Å²) < 4.78 is 25.0. The lowest BCUT2D eigenvalue weighted by atomic mass is 10.1. The molecule has 0 spiro atoms. The zero-order chi connectivity index (χ0) is 23.1. The lowest BCUT2D eigenvalue weighted by molar-refractivity contribution is -0.119. The third-order valence-electron chi connectivity index (χ3n) is 3.91. The lowest BCUT2D eigenvalue weighted by Gasteiger charge is -2.11. The summed E-state index contributed by atoms with van der Waals surface area (Å²) in [7, 11) is 3.67. The van der Waals surface area contributed by atoms with Crippen LogP contribution in [0.3, 0.4) is 0 Å². The molecule has 0 atom stereocenters. The average Bonchev–Trinajstić information content (AvgIpc) is 3.10. The second-order valence-electron chi connectivity index (χ2n) is 5.83. The van der Waals surface area contributed by atoms with E-state index in [1.807, 2.05) is 0 Å². The second kappa shape index (κ2) is 10.3. The normalized spacial score (nSPS) is 10.2. The molecule has 31 heavy (non-hydrogen) atoms. The van der Waals surface area contributed by atoms with E-state index in [2.05, 4.69) is 0 Å². The summed E-state index contributed by atoms with van der Waals surface area (Å²) in [6.07, 6.45) is 0. The molecule has 0 saturated carbocycles. The molecule has 4 N–H and O–H groups in total. The standard InChI is InChI=1S/C19H20N2O9S/c1-26-12-6-9(4-5-11(12)29-8-13(20)22)17(23)30-7-10-14(18(24)27-2)16(21)31-15(10)19(25)28-3/h4-6H,7-8,21H2,1-3H3,(H2,20,22). The Labute approximate surface area is 180 Å². The van der Waals surface area contributed by atoms with Crippen LogP contribution in [0.15, 0.2) is 18.2 Å². The number of thiophene rings is 1. The highest BCUT2D eigenvalue weighted by atomic mass is 32.1. The van der Waals surface area contributed by atoms with Crippen molar-refractivity contribution < 1.29 is 42.9 Å². The van der Waals surface area contributed by atoms with Crippen LogP contribution in [0.2, 0.25) is 0 Å². The number of esters is 3. The summed E-state index contributed by atoms with van der Waals surface area (Å²) in [5.74, 6) is -2.62. The number of hydrogen-bond donors (Lipinski definition) is 2. The molecule has 0 fully saturated rings. The number of carbonyl (C=O) groups is 4. The van der Waals surface area contributed by atoms with E-state index in [1.165, 1.54) is 32.4 Å². The Hall–Kier alpha value is -3.80. The van der Waals surface area contributed by atoms with Gasteiger partial charge < -0.3 is 35.2 Å². The van der Waals surface area contributed by atoms with Crippen molar-refractivity contribution in [2.75, 3.05) is 33.7 Å². The quantitative estimate of drug-likeness (QED) is 0.416. The van der Waals surface area contributed by atoms with Gasteiger partial charge in [-0.05, 0) is 18.2 Å². The van der Waals surface area contributed by atoms with Crippen LogP contribution in [0.5, 0.6) is 11.5 Å². The zero-order valence-corrected chi connectivity index (χ0v) is 17.7. The van der Waals surface area contributed by atoms with Gasteiger partial charge in [0.25, 0.3) is 5.91 Å². The van der Waals surface area contributed by atoms with Crippen LogP contribution < -0.4 is 20.9 Å². The van der Waals surface area contributed by atoms with Crippen molar-refractivity contribution in [1.29, 1.82) is 0 Å². The molecule has 12 heteroatoms. The predicted molar refractivity (Wildman–Crippen MR) is 108 cm³/mol. The summed E-state index contributed by atoms with van der Waals surface area (Å²) in [6.45, 7) is -0.810. The van der Waals surface area contributed by atoms with E-state index in [9.17, 15) is 19.2 Å². The molecule has 0 radical (unpaired) electrons. The summed E-state index contributed by atoms with van der Waals surface area (Å²) in [5.41, 5.74) is 11.0. The van der Waals surface area contributed by atoms with E-state index in [1.54, 1.807) is 0 Å². The molecular formula is C19H20N2O9S. The van der Waals surface area contributed by atoms with Crippen LogP contribution in [0.1, 0.15) is 36.0 Å². The van der Waals surface area contributed by atoms with E-state index >= 15 is 0 Å². The molecule has 2 rings (SSSR count). The van der Waals surface area contributed by atoms with Crippen LogP contribution in [0.25, 0.3) is 0 Å². The number of nitrogens with two attached hydrogens (primary N) is 2. The summed E-state index contributed by atoms with van der Waals surface area (Å²) in [6, 6.07) is 4.12. The number of primary amides is 1. The van der Waals surface area contributed by atoms with Gasteiger partial charge >= 0.3 is 17.9 Å². The van der Waals surface area contributed by atoms with Crippen LogP contribution >= 0.6 is 11.3 Å². The highest BCUT2D eigenvalue weighted by Gasteiger charge is 2.28. The molecule has 1 heterocycles. The highest BCUT2D eigenvalue weighted by Crippen LogP contribution is 2.33. The number of anilines is 1. The maximum Gasteiger partial charge on any atom is 0.348 e. The number of amides is 1. The van der Waals surface area contributed by atoms with Crippen molar-refractivity contribution in [1.82, 2.24) is 0 Å². The van der Waals surface area contributed by atoms with Gasteiger partial charge in [-0.25, -0.2) is 14.4 Å². The Balaban J connectivity index is 2.27. The largest absolute Gasteiger partial charge is 0.493 e. The van der Waals surface area contributed by atoms with Gasteiger partial charge in [-0.2, -0.15) is 0 Å². The van der Waals surface area contributed by atoms with E-state index in [0.717, 1.165) is 18.4 Å². The van der Waals surface area contributed by atoms with E-state index in [-0.39, 0.29) is 44.7 Å². The molecule has 0 bridgehead atoms. The number of benzene rings is 1. The Kier molecular flexibility index (Phi) is 7.80. The summed E-state index contributed by atoms with van der Waals surface area (Å²) >= 11 is 0.817. The SMILES string of the molecule is COC(=O)c1sc(N)c(C(=O)OC)c1COC(=O)c1ccc(OCC(N)=O)c(OC)c1. The van der Waals surface area contributed by atoms with Crippen molar-refractivity contribution in [3.05, 3.63) is 39.8 Å². The maximum atomic E-state index is 12.5. The zero-order valence-electron chi connectivity index (χ0n) is 16.9. The van der Waals surface area contributed by atoms with Gasteiger partial charge in [-0.15, -0.1) is 11.3 Å².